The van der Waals surface area contributed by atoms with E-state index >= 15 is 0 Å². The van der Waals surface area contributed by atoms with Crippen LogP contribution in [0, 0.1) is 11.3 Å². The molecule has 0 bridgehead atoms. The first-order chi connectivity index (χ1) is 6.81. The minimum absolute atomic E-state index is 0.383. The number of hydrogen-bond donors (Lipinski definition) is 0. The highest BCUT2D eigenvalue weighted by atomic mass is 32.2. The first-order valence-corrected chi connectivity index (χ1v) is 6.69. The van der Waals surface area contributed by atoms with Crippen molar-refractivity contribution in [2.75, 3.05) is 20.1 Å². The molecule has 0 radical (unpaired) electrons. The van der Waals surface area contributed by atoms with E-state index in [1.165, 1.54) is 13.8 Å². The van der Waals surface area contributed by atoms with E-state index < -0.39 is 14.6 Å². The van der Waals surface area contributed by atoms with Gasteiger partial charge in [-0.25, -0.2) is 8.42 Å². The maximum atomic E-state index is 12.1. The third-order valence-electron chi connectivity index (χ3n) is 3.00. The normalized spacial score (nSPS) is 24.8. The second kappa shape index (κ2) is 4.11. The average molecular weight is 230 g/mol. The predicted molar refractivity (Wildman–Crippen MR) is 59.1 cm³/mol. The smallest absolute Gasteiger partial charge is 0.172 e. The molecular weight excluding hydrogens is 212 g/mol. The molecule has 5 heteroatoms. The minimum atomic E-state index is -3.35. The first kappa shape index (κ1) is 12.5. The molecule has 1 aliphatic heterocycles. The molecule has 1 fully saturated rings. The molecule has 1 rings (SSSR count). The number of sulfone groups is 1. The van der Waals surface area contributed by atoms with E-state index in [1.807, 2.05) is 18.0 Å². The Hall–Kier alpha value is -0.600. The van der Waals surface area contributed by atoms with Crippen molar-refractivity contribution in [3.63, 3.8) is 0 Å². The molecule has 0 amide bonds. The Morgan fingerprint density at radius 3 is 2.53 bits per heavy atom. The molecule has 1 aliphatic rings. The summed E-state index contributed by atoms with van der Waals surface area (Å²) in [6, 6.07) is 1.89. The van der Waals surface area contributed by atoms with E-state index in [1.54, 1.807) is 0 Å². The predicted octanol–water partition coefficient (Wildman–Crippen LogP) is 0.798. The molecule has 86 valence electrons. The molecule has 1 unspecified atom stereocenters. The fourth-order valence-electron chi connectivity index (χ4n) is 1.85. The van der Waals surface area contributed by atoms with Crippen LogP contribution in [0.1, 0.15) is 26.7 Å². The quantitative estimate of drug-likeness (QED) is 0.704. The average Bonchev–Trinajstić information content (AvgIpc) is 2.17. The summed E-state index contributed by atoms with van der Waals surface area (Å²) in [5.41, 5.74) is 0. The fraction of sp³-hybridized carbons (Fsp3) is 0.900. The molecule has 0 aromatic heterocycles. The molecule has 1 saturated heterocycles. The summed E-state index contributed by atoms with van der Waals surface area (Å²) in [5.74, 6) is 0. The van der Waals surface area contributed by atoms with Gasteiger partial charge in [0.2, 0.25) is 0 Å². The van der Waals surface area contributed by atoms with E-state index in [-0.39, 0.29) is 5.25 Å². The number of piperidine rings is 1. The Balaban J connectivity index is 2.92. The lowest BCUT2D eigenvalue weighted by atomic mass is 10.1. The molecular formula is C10H18N2O2S. The van der Waals surface area contributed by atoms with Gasteiger partial charge in [-0.05, 0) is 40.3 Å². The van der Waals surface area contributed by atoms with E-state index in [4.69, 9.17) is 5.26 Å². The summed E-state index contributed by atoms with van der Waals surface area (Å²) < 4.78 is 23.0. The van der Waals surface area contributed by atoms with E-state index in [0.717, 1.165) is 13.0 Å². The van der Waals surface area contributed by atoms with Gasteiger partial charge in [-0.1, -0.05) is 0 Å². The monoisotopic (exact) mass is 230 g/mol. The highest BCUT2D eigenvalue weighted by Crippen LogP contribution is 2.26. The van der Waals surface area contributed by atoms with Crippen molar-refractivity contribution < 1.29 is 8.42 Å². The van der Waals surface area contributed by atoms with Crippen LogP contribution in [0.3, 0.4) is 0 Å². The van der Waals surface area contributed by atoms with Gasteiger partial charge in [-0.15, -0.1) is 0 Å². The lowest BCUT2D eigenvalue weighted by molar-refractivity contribution is 0.277. The fourth-order valence-corrected chi connectivity index (χ4v) is 3.74. The molecule has 1 heterocycles. The van der Waals surface area contributed by atoms with Crippen molar-refractivity contribution in [1.82, 2.24) is 4.90 Å². The highest BCUT2D eigenvalue weighted by Gasteiger charge is 2.41. The zero-order chi connectivity index (χ0) is 11.7. The van der Waals surface area contributed by atoms with Crippen LogP contribution in [0.25, 0.3) is 0 Å². The summed E-state index contributed by atoms with van der Waals surface area (Å²) in [6.07, 6.45) is 1.57. The van der Waals surface area contributed by atoms with Gasteiger partial charge in [0.05, 0.1) is 11.3 Å². The lowest BCUT2D eigenvalue weighted by Crippen LogP contribution is -2.46. The summed E-state index contributed by atoms with van der Waals surface area (Å²) in [6.45, 7) is 4.46. The molecule has 0 aromatic carbocycles. The van der Waals surface area contributed by atoms with E-state index in [9.17, 15) is 8.42 Å². The van der Waals surface area contributed by atoms with Crippen molar-refractivity contribution in [3.8, 4) is 6.07 Å². The Morgan fingerprint density at radius 2 is 2.07 bits per heavy atom. The number of likely N-dealkylation sites (tertiary alicyclic amines) is 1. The number of rotatable bonds is 2. The second-order valence-corrected chi connectivity index (χ2v) is 7.47. The van der Waals surface area contributed by atoms with Crippen LogP contribution < -0.4 is 0 Å². The largest absolute Gasteiger partial charge is 0.305 e. The summed E-state index contributed by atoms with van der Waals surface area (Å²) in [7, 11) is -1.43. The molecule has 0 N–H and O–H groups in total. The molecule has 1 atom stereocenters. The van der Waals surface area contributed by atoms with Gasteiger partial charge in [-0.2, -0.15) is 5.26 Å². The highest BCUT2D eigenvalue weighted by molar-refractivity contribution is 7.93. The Bertz CT molecular complexity index is 367. The zero-order valence-corrected chi connectivity index (χ0v) is 10.3. The van der Waals surface area contributed by atoms with E-state index in [0.29, 0.717) is 13.0 Å². The molecule has 0 aliphatic carbocycles. The molecule has 0 spiro atoms. The van der Waals surface area contributed by atoms with Crippen LogP contribution in [-0.2, 0) is 9.84 Å². The van der Waals surface area contributed by atoms with Crippen LogP contribution in [0.4, 0.5) is 0 Å². The SMILES string of the molecule is CN1CCCC(S(=O)(=O)C(C)(C)C#N)C1. The zero-order valence-electron chi connectivity index (χ0n) is 9.52. The van der Waals surface area contributed by atoms with Gasteiger partial charge < -0.3 is 4.90 Å². The van der Waals surface area contributed by atoms with Gasteiger partial charge in [0.15, 0.2) is 14.6 Å². The van der Waals surface area contributed by atoms with Gasteiger partial charge in [0.1, 0.15) is 0 Å². The van der Waals surface area contributed by atoms with Crippen LogP contribution >= 0.6 is 0 Å². The Kier molecular flexibility index (Phi) is 3.41. The molecule has 0 saturated carbocycles. The third-order valence-corrected chi connectivity index (χ3v) is 5.78. The second-order valence-electron chi connectivity index (χ2n) is 4.69. The molecule has 0 aromatic rings. The van der Waals surface area contributed by atoms with Crippen molar-refractivity contribution in [2.24, 2.45) is 0 Å². The maximum absolute atomic E-state index is 12.1. The number of nitrogens with zero attached hydrogens (tertiary/aromatic N) is 2. The van der Waals surface area contributed by atoms with Gasteiger partial charge in [0.25, 0.3) is 0 Å². The van der Waals surface area contributed by atoms with Crippen LogP contribution in [0.15, 0.2) is 0 Å². The van der Waals surface area contributed by atoms with Crippen LogP contribution in [-0.4, -0.2) is 43.5 Å². The Labute approximate surface area is 91.8 Å². The minimum Gasteiger partial charge on any atom is -0.305 e. The van der Waals surface area contributed by atoms with Crippen molar-refractivity contribution >= 4 is 9.84 Å². The van der Waals surface area contributed by atoms with Crippen molar-refractivity contribution in [1.29, 1.82) is 5.26 Å². The lowest BCUT2D eigenvalue weighted by Gasteiger charge is -2.32. The van der Waals surface area contributed by atoms with Crippen molar-refractivity contribution in [2.45, 2.75) is 36.7 Å². The van der Waals surface area contributed by atoms with Crippen molar-refractivity contribution in [3.05, 3.63) is 0 Å². The summed E-state index contributed by atoms with van der Waals surface area (Å²) in [4.78, 5) is 2.01. The van der Waals surface area contributed by atoms with Crippen LogP contribution in [0.2, 0.25) is 0 Å². The van der Waals surface area contributed by atoms with Gasteiger partial charge in [-0.3, -0.25) is 0 Å². The molecule has 15 heavy (non-hydrogen) atoms. The van der Waals surface area contributed by atoms with Gasteiger partial charge in [0, 0.05) is 6.54 Å². The van der Waals surface area contributed by atoms with Crippen LogP contribution in [0.5, 0.6) is 0 Å². The summed E-state index contributed by atoms with van der Waals surface area (Å²) >= 11 is 0. The topological polar surface area (TPSA) is 61.2 Å². The standard InChI is InChI=1S/C10H18N2O2S/c1-10(2,8-11)15(13,14)9-5-4-6-12(3)7-9/h9H,4-7H2,1-3H3. The first-order valence-electron chi connectivity index (χ1n) is 5.14. The summed E-state index contributed by atoms with van der Waals surface area (Å²) in [5, 5.41) is 8.50. The maximum Gasteiger partial charge on any atom is 0.172 e. The van der Waals surface area contributed by atoms with Gasteiger partial charge >= 0.3 is 0 Å². The van der Waals surface area contributed by atoms with E-state index in [2.05, 4.69) is 0 Å². The molecule has 4 nitrogen and oxygen atoms in total. The number of nitriles is 1. The number of hydrogen-bond acceptors (Lipinski definition) is 4. The Morgan fingerprint density at radius 1 is 1.47 bits per heavy atom. The third kappa shape index (κ3) is 2.32.